The summed E-state index contributed by atoms with van der Waals surface area (Å²) in [7, 11) is 0. The van der Waals surface area contributed by atoms with E-state index in [0.29, 0.717) is 18.4 Å². The van der Waals surface area contributed by atoms with Gasteiger partial charge in [0, 0.05) is 12.1 Å². The highest BCUT2D eigenvalue weighted by molar-refractivity contribution is 7.80. The number of aliphatic carboxylic acids is 1. The van der Waals surface area contributed by atoms with E-state index < -0.39 is 28.8 Å². The van der Waals surface area contributed by atoms with Crippen LogP contribution in [0.25, 0.3) is 0 Å². The van der Waals surface area contributed by atoms with Crippen molar-refractivity contribution >= 4 is 40.6 Å². The van der Waals surface area contributed by atoms with Gasteiger partial charge in [0.05, 0.1) is 28.4 Å². The lowest BCUT2D eigenvalue weighted by Crippen LogP contribution is -2.47. The zero-order chi connectivity index (χ0) is 24.8. The summed E-state index contributed by atoms with van der Waals surface area (Å²) in [6.07, 6.45) is 1.11. The number of hydrogen-bond donors (Lipinski definition) is 2. The predicted molar refractivity (Wildman–Crippen MR) is 128 cm³/mol. The molecule has 2 unspecified atom stereocenters. The number of nitrogens with zero attached hydrogens (tertiary/aromatic N) is 2. The first-order chi connectivity index (χ1) is 16.2. The number of ketones is 1. The smallest absolute Gasteiger partial charge is 0.326 e. The van der Waals surface area contributed by atoms with Gasteiger partial charge in [-0.3, -0.25) is 19.7 Å². The summed E-state index contributed by atoms with van der Waals surface area (Å²) in [5.41, 5.74) is 1.50. The van der Waals surface area contributed by atoms with Crippen LogP contribution in [0.5, 0.6) is 0 Å². The highest BCUT2D eigenvalue weighted by atomic mass is 32.1. The van der Waals surface area contributed by atoms with Crippen LogP contribution in [0.15, 0.2) is 54.6 Å². The summed E-state index contributed by atoms with van der Waals surface area (Å²) in [6.45, 7) is 1.15. The van der Waals surface area contributed by atoms with Crippen LogP contribution in [0.3, 0.4) is 0 Å². The second-order valence-corrected chi connectivity index (χ2v) is 8.61. The Bertz CT molecular complexity index is 1090. The summed E-state index contributed by atoms with van der Waals surface area (Å²) in [5.74, 6) is -2.41. The number of amides is 1. The van der Waals surface area contributed by atoms with Crippen molar-refractivity contribution < 1.29 is 24.4 Å². The highest BCUT2D eigenvalue weighted by Gasteiger charge is 2.41. The van der Waals surface area contributed by atoms with Crippen molar-refractivity contribution in [1.82, 2.24) is 10.2 Å². The normalized spacial score (nSPS) is 18.2. The molecule has 1 saturated heterocycles. The average molecular weight is 484 g/mol. The van der Waals surface area contributed by atoms with E-state index in [-0.39, 0.29) is 35.5 Å². The molecule has 9 nitrogen and oxygen atoms in total. The Morgan fingerprint density at radius 1 is 1.15 bits per heavy atom. The quantitative estimate of drug-likeness (QED) is 0.316. The standard InChI is InChI=1S/C24H25N3O6S/c1-15(28)19(13-16-7-9-18(10-8-16)27(32)33)23(34)25-14-22(29)26-20(11-12-21(26)24(30)31)17-5-3-2-4-6-17/h2-10,19-21H,11-14H2,1H3,(H,25,34)(H,30,31)/t19?,20?,21-/m0/s1. The van der Waals surface area contributed by atoms with Crippen molar-refractivity contribution in [1.29, 1.82) is 0 Å². The van der Waals surface area contributed by atoms with Gasteiger partial charge in [-0.15, -0.1) is 0 Å². The second-order valence-electron chi connectivity index (χ2n) is 8.17. The van der Waals surface area contributed by atoms with Gasteiger partial charge in [-0.2, -0.15) is 0 Å². The Labute approximate surface area is 201 Å². The Morgan fingerprint density at radius 2 is 1.79 bits per heavy atom. The number of carbonyl (C=O) groups excluding carboxylic acids is 2. The van der Waals surface area contributed by atoms with Crippen molar-refractivity contribution in [3.63, 3.8) is 0 Å². The summed E-state index contributed by atoms with van der Waals surface area (Å²) >= 11 is 5.39. The molecule has 178 valence electrons. The van der Waals surface area contributed by atoms with Crippen LogP contribution in [-0.2, 0) is 20.8 Å². The third-order valence-electron chi connectivity index (χ3n) is 5.95. The van der Waals surface area contributed by atoms with Crippen molar-refractivity contribution in [3.8, 4) is 0 Å². The van der Waals surface area contributed by atoms with Gasteiger partial charge in [-0.05, 0) is 37.3 Å². The van der Waals surface area contributed by atoms with E-state index in [1.54, 1.807) is 12.1 Å². The number of hydrogen-bond acceptors (Lipinski definition) is 6. The monoisotopic (exact) mass is 483 g/mol. The molecule has 0 spiro atoms. The first-order valence-electron chi connectivity index (χ1n) is 10.8. The van der Waals surface area contributed by atoms with E-state index in [0.717, 1.165) is 5.56 Å². The fourth-order valence-corrected chi connectivity index (χ4v) is 4.51. The molecule has 3 rings (SSSR count). The zero-order valence-electron chi connectivity index (χ0n) is 18.5. The second kappa shape index (κ2) is 11.0. The number of nitro benzene ring substituents is 1. The molecule has 0 bridgehead atoms. The number of Topliss-reactive ketones (excluding diaryl/α,β-unsaturated/α-hetero) is 1. The van der Waals surface area contributed by atoms with Gasteiger partial charge >= 0.3 is 5.97 Å². The third-order valence-corrected chi connectivity index (χ3v) is 6.38. The molecule has 10 heteroatoms. The molecule has 34 heavy (non-hydrogen) atoms. The van der Waals surface area contributed by atoms with Crippen molar-refractivity contribution in [2.24, 2.45) is 5.92 Å². The highest BCUT2D eigenvalue weighted by Crippen LogP contribution is 2.36. The SMILES string of the molecule is CC(=O)C(Cc1ccc([N+](=O)[O-])cc1)C(=S)NCC(=O)N1C(c2ccccc2)CC[C@H]1C(=O)O. The Hall–Kier alpha value is -3.66. The van der Waals surface area contributed by atoms with E-state index in [1.165, 1.54) is 24.0 Å². The average Bonchev–Trinajstić information content (AvgIpc) is 3.27. The molecule has 1 amide bonds. The van der Waals surface area contributed by atoms with Crippen LogP contribution in [0.1, 0.15) is 36.9 Å². The molecule has 0 saturated carbocycles. The van der Waals surface area contributed by atoms with Gasteiger partial charge in [0.25, 0.3) is 5.69 Å². The van der Waals surface area contributed by atoms with Crippen LogP contribution in [0.2, 0.25) is 0 Å². The number of non-ortho nitro benzene ring substituents is 1. The molecule has 1 heterocycles. The van der Waals surface area contributed by atoms with Crippen LogP contribution in [0.4, 0.5) is 5.69 Å². The third kappa shape index (κ3) is 5.82. The van der Waals surface area contributed by atoms with Crippen LogP contribution in [0, 0.1) is 16.0 Å². The van der Waals surface area contributed by atoms with Gasteiger partial charge in [0.2, 0.25) is 5.91 Å². The molecular weight excluding hydrogens is 458 g/mol. The van der Waals surface area contributed by atoms with E-state index in [2.05, 4.69) is 5.32 Å². The number of carbonyl (C=O) groups is 3. The fourth-order valence-electron chi connectivity index (χ4n) is 4.19. The maximum atomic E-state index is 13.1. The molecule has 1 aliphatic heterocycles. The molecule has 0 radical (unpaired) electrons. The summed E-state index contributed by atoms with van der Waals surface area (Å²) in [4.78, 5) is 49.0. The molecular formula is C24H25N3O6S. The maximum absolute atomic E-state index is 13.1. The molecule has 3 atom stereocenters. The maximum Gasteiger partial charge on any atom is 0.326 e. The molecule has 2 N–H and O–H groups in total. The van der Waals surface area contributed by atoms with E-state index in [9.17, 15) is 29.6 Å². The topological polar surface area (TPSA) is 130 Å². The summed E-state index contributed by atoms with van der Waals surface area (Å²) in [6, 6.07) is 13.8. The number of carboxylic acid groups (broad SMARTS) is 1. The minimum atomic E-state index is -1.06. The minimum absolute atomic E-state index is 0.0546. The number of carboxylic acids is 1. The van der Waals surface area contributed by atoms with Crippen molar-refractivity contribution in [3.05, 3.63) is 75.8 Å². The molecule has 2 aromatic carbocycles. The number of nitro groups is 1. The Balaban J connectivity index is 1.69. The van der Waals surface area contributed by atoms with Gasteiger partial charge < -0.3 is 15.3 Å². The first-order valence-corrected chi connectivity index (χ1v) is 11.2. The molecule has 1 fully saturated rings. The number of likely N-dealkylation sites (tertiary alicyclic amines) is 1. The van der Waals surface area contributed by atoms with Crippen LogP contribution < -0.4 is 5.32 Å². The lowest BCUT2D eigenvalue weighted by Gasteiger charge is -2.29. The Kier molecular flexibility index (Phi) is 8.06. The van der Waals surface area contributed by atoms with Crippen LogP contribution in [-0.4, -0.2) is 50.2 Å². The number of benzene rings is 2. The first kappa shape index (κ1) is 25.0. The fraction of sp³-hybridized carbons (Fsp3) is 0.333. The minimum Gasteiger partial charge on any atom is -0.480 e. The molecule has 1 aliphatic rings. The van der Waals surface area contributed by atoms with E-state index in [1.807, 2.05) is 30.3 Å². The number of nitrogens with one attached hydrogen (secondary N) is 1. The van der Waals surface area contributed by atoms with Crippen molar-refractivity contribution in [2.45, 2.75) is 38.3 Å². The van der Waals surface area contributed by atoms with Gasteiger partial charge in [-0.25, -0.2) is 4.79 Å². The van der Waals surface area contributed by atoms with E-state index >= 15 is 0 Å². The van der Waals surface area contributed by atoms with Gasteiger partial charge in [0.1, 0.15) is 11.8 Å². The summed E-state index contributed by atoms with van der Waals surface area (Å²) < 4.78 is 0. The molecule has 2 aromatic rings. The van der Waals surface area contributed by atoms with E-state index in [4.69, 9.17) is 12.2 Å². The number of rotatable bonds is 9. The lowest BCUT2D eigenvalue weighted by atomic mass is 9.95. The summed E-state index contributed by atoms with van der Waals surface area (Å²) in [5, 5.41) is 23.3. The van der Waals surface area contributed by atoms with Crippen molar-refractivity contribution in [2.75, 3.05) is 6.54 Å². The molecule has 0 aliphatic carbocycles. The lowest BCUT2D eigenvalue weighted by molar-refractivity contribution is -0.384. The number of thiocarbonyl (C=S) groups is 1. The zero-order valence-corrected chi connectivity index (χ0v) is 19.4. The van der Waals surface area contributed by atoms with Crippen LogP contribution >= 0.6 is 12.2 Å². The van der Waals surface area contributed by atoms with Gasteiger partial charge in [-0.1, -0.05) is 54.7 Å². The molecule has 0 aromatic heterocycles. The predicted octanol–water partition coefficient (Wildman–Crippen LogP) is 3.08. The van der Waals surface area contributed by atoms with Gasteiger partial charge in [0.15, 0.2) is 0 Å². The Morgan fingerprint density at radius 3 is 2.35 bits per heavy atom. The largest absolute Gasteiger partial charge is 0.480 e.